The molecule has 1 aliphatic heterocycles. The van der Waals surface area contributed by atoms with Gasteiger partial charge in [-0.2, -0.15) is 10.2 Å². The number of nitrogens with zero attached hydrogens (tertiary/aromatic N) is 5. The van der Waals surface area contributed by atoms with Gasteiger partial charge < -0.3 is 20.4 Å². The molecule has 1 atom stereocenters. The Hall–Kier alpha value is -3.44. The standard InChI is InChI=1S/C24H32Cl2N4O3.C16H18Cl2N2O/c1-14(2)11-15(3)24(33)27-13-21(32)30-9-7-16(8-10-30)19-12-18(28-29(19)4)17-5-6-20(31)23(26)22(17)25;1-20-13(10-5-3-2-4-6-10)9-12(19-20)11-7-8-14(21)16(18)15(11)17/h5-6,12,14-16,31H,7-11,13H2,1-4H3,(H,27,33);7-10,21H,2-6H2,1H3/t15-;/m1./s1. The first kappa shape index (κ1) is 41.7. The number of piperidine rings is 1. The fourth-order valence-corrected chi connectivity index (χ4v) is 8.39. The van der Waals surface area contributed by atoms with Gasteiger partial charge in [0.05, 0.1) is 28.0 Å². The molecule has 0 unspecified atom stereocenters. The van der Waals surface area contributed by atoms with Crippen molar-refractivity contribution in [3.8, 4) is 34.0 Å². The summed E-state index contributed by atoms with van der Waals surface area (Å²) in [6.07, 6.45) is 8.79. The number of aromatic hydroxyl groups is 2. The van der Waals surface area contributed by atoms with Crippen LogP contribution in [0.15, 0.2) is 36.4 Å². The fraction of sp³-hybridized carbons (Fsp3) is 0.500. The smallest absolute Gasteiger partial charge is 0.241 e. The third kappa shape index (κ3) is 9.86. The van der Waals surface area contributed by atoms with E-state index in [1.165, 1.54) is 43.9 Å². The van der Waals surface area contributed by atoms with Crippen molar-refractivity contribution >= 4 is 58.2 Å². The minimum atomic E-state index is -0.0976. The van der Waals surface area contributed by atoms with Crippen LogP contribution in [0.3, 0.4) is 0 Å². The SMILES string of the molecule is CC(C)C[C@@H](C)C(=O)NCC(=O)N1CCC(c2cc(-c3ccc(O)c(Cl)c3Cl)nn2C)CC1.Cn1nc(-c2ccc(O)c(Cl)c2Cl)cc1C1CCCCC1. The zero-order valence-corrected chi connectivity index (χ0v) is 34.5. The van der Waals surface area contributed by atoms with E-state index in [4.69, 9.17) is 46.4 Å². The summed E-state index contributed by atoms with van der Waals surface area (Å²) in [6, 6.07) is 10.6. The maximum absolute atomic E-state index is 12.6. The lowest BCUT2D eigenvalue weighted by Gasteiger charge is -2.32. The highest BCUT2D eigenvalue weighted by atomic mass is 35.5. The van der Waals surface area contributed by atoms with Gasteiger partial charge in [-0.25, -0.2) is 0 Å². The summed E-state index contributed by atoms with van der Waals surface area (Å²) in [4.78, 5) is 26.6. The average molecular weight is 821 g/mol. The van der Waals surface area contributed by atoms with Crippen LogP contribution >= 0.6 is 46.4 Å². The largest absolute Gasteiger partial charge is 0.506 e. The van der Waals surface area contributed by atoms with Crippen LogP contribution < -0.4 is 5.32 Å². The minimum Gasteiger partial charge on any atom is -0.506 e. The number of phenols is 2. The molecule has 0 radical (unpaired) electrons. The molecule has 1 saturated heterocycles. The van der Waals surface area contributed by atoms with Gasteiger partial charge in [0.1, 0.15) is 21.5 Å². The maximum atomic E-state index is 12.6. The summed E-state index contributed by atoms with van der Waals surface area (Å²) >= 11 is 24.6. The number of hydrogen-bond donors (Lipinski definition) is 3. The summed E-state index contributed by atoms with van der Waals surface area (Å²) in [5.41, 5.74) is 5.24. The Bertz CT molecular complexity index is 1950. The Kier molecular flexibility index (Phi) is 14.3. The lowest BCUT2D eigenvalue weighted by molar-refractivity contribution is -0.134. The first-order chi connectivity index (χ1) is 25.7. The Morgan fingerprint density at radius 3 is 1.67 bits per heavy atom. The zero-order valence-electron chi connectivity index (χ0n) is 31.5. The summed E-state index contributed by atoms with van der Waals surface area (Å²) in [5.74, 6) is 0.994. The van der Waals surface area contributed by atoms with Crippen molar-refractivity contribution in [3.63, 3.8) is 0 Å². The molecule has 1 saturated carbocycles. The van der Waals surface area contributed by atoms with E-state index in [1.54, 1.807) is 18.2 Å². The number of amides is 2. The molecule has 3 heterocycles. The summed E-state index contributed by atoms with van der Waals surface area (Å²) < 4.78 is 3.79. The first-order valence-electron chi connectivity index (χ1n) is 18.6. The minimum absolute atomic E-state index is 0.00569. The molecule has 2 amide bonds. The zero-order chi connectivity index (χ0) is 39.3. The molecule has 3 N–H and O–H groups in total. The molecule has 4 aromatic rings. The van der Waals surface area contributed by atoms with Crippen molar-refractivity contribution in [2.75, 3.05) is 19.6 Å². The van der Waals surface area contributed by atoms with Gasteiger partial charge in [0, 0.05) is 67.5 Å². The quantitative estimate of drug-likeness (QED) is 0.155. The molecule has 2 aromatic heterocycles. The second-order valence-corrected chi connectivity index (χ2v) is 16.4. The van der Waals surface area contributed by atoms with Crippen molar-refractivity contribution in [3.05, 3.63) is 67.9 Å². The molecule has 1 aliphatic carbocycles. The van der Waals surface area contributed by atoms with Crippen LogP contribution in [0.25, 0.3) is 22.5 Å². The number of carbonyl (C=O) groups excluding carboxylic acids is 2. The summed E-state index contributed by atoms with van der Waals surface area (Å²) in [5, 5.41) is 32.2. The molecule has 0 bridgehead atoms. The number of phenolic OH excluding ortho intramolecular Hbond substituents is 2. The lowest BCUT2D eigenvalue weighted by atomic mass is 9.86. The van der Waals surface area contributed by atoms with Gasteiger partial charge in [-0.05, 0) is 74.4 Å². The molecule has 10 nitrogen and oxygen atoms in total. The van der Waals surface area contributed by atoms with Crippen LogP contribution in [0, 0.1) is 11.8 Å². The van der Waals surface area contributed by atoms with Crippen LogP contribution in [-0.2, 0) is 23.7 Å². The van der Waals surface area contributed by atoms with Gasteiger partial charge in [0.15, 0.2) is 0 Å². The van der Waals surface area contributed by atoms with E-state index in [2.05, 4.69) is 35.4 Å². The average Bonchev–Trinajstić information content (AvgIpc) is 3.74. The fourth-order valence-electron chi connectivity index (χ4n) is 7.55. The molecular formula is C40H50Cl4N6O4. The third-order valence-corrected chi connectivity index (χ3v) is 12.2. The second kappa shape index (κ2) is 18.5. The molecule has 2 fully saturated rings. The molecule has 14 heteroatoms. The summed E-state index contributed by atoms with van der Waals surface area (Å²) in [6.45, 7) is 7.37. The van der Waals surface area contributed by atoms with Crippen LogP contribution in [0.2, 0.25) is 20.1 Å². The number of aryl methyl sites for hydroxylation is 2. The topological polar surface area (TPSA) is 126 Å². The highest BCUT2D eigenvalue weighted by Crippen LogP contribution is 2.41. The van der Waals surface area contributed by atoms with E-state index < -0.39 is 0 Å². The Balaban J connectivity index is 0.000000228. The number of benzene rings is 2. The predicted octanol–water partition coefficient (Wildman–Crippen LogP) is 9.75. The number of carbonyl (C=O) groups is 2. The van der Waals surface area contributed by atoms with Crippen molar-refractivity contribution in [1.29, 1.82) is 0 Å². The van der Waals surface area contributed by atoms with Crippen molar-refractivity contribution < 1.29 is 19.8 Å². The van der Waals surface area contributed by atoms with Gasteiger partial charge >= 0.3 is 0 Å². The molecule has 6 rings (SSSR count). The van der Waals surface area contributed by atoms with Crippen LogP contribution in [-0.4, -0.2) is 66.1 Å². The van der Waals surface area contributed by atoms with E-state index in [1.807, 2.05) is 41.3 Å². The van der Waals surface area contributed by atoms with Gasteiger partial charge in [-0.15, -0.1) is 0 Å². The molecule has 2 aromatic carbocycles. The van der Waals surface area contributed by atoms with Crippen LogP contribution in [0.1, 0.15) is 95.4 Å². The van der Waals surface area contributed by atoms with Crippen LogP contribution in [0.5, 0.6) is 11.5 Å². The van der Waals surface area contributed by atoms with Gasteiger partial charge in [-0.1, -0.05) is 86.4 Å². The molecular weight excluding hydrogens is 770 g/mol. The van der Waals surface area contributed by atoms with E-state index in [9.17, 15) is 19.8 Å². The van der Waals surface area contributed by atoms with Gasteiger partial charge in [-0.3, -0.25) is 19.0 Å². The van der Waals surface area contributed by atoms with E-state index >= 15 is 0 Å². The van der Waals surface area contributed by atoms with Crippen molar-refractivity contribution in [1.82, 2.24) is 29.8 Å². The third-order valence-electron chi connectivity index (χ3n) is 10.5. The van der Waals surface area contributed by atoms with Crippen molar-refractivity contribution in [2.24, 2.45) is 25.9 Å². The molecule has 2 aliphatic rings. The molecule has 292 valence electrons. The van der Waals surface area contributed by atoms with E-state index in [0.717, 1.165) is 36.2 Å². The first-order valence-corrected chi connectivity index (χ1v) is 20.1. The maximum Gasteiger partial charge on any atom is 0.241 e. The number of rotatable bonds is 9. The second-order valence-electron chi connectivity index (χ2n) is 14.9. The lowest BCUT2D eigenvalue weighted by Crippen LogP contribution is -2.44. The monoisotopic (exact) mass is 818 g/mol. The molecule has 54 heavy (non-hydrogen) atoms. The van der Waals surface area contributed by atoms with Crippen molar-refractivity contribution in [2.45, 2.75) is 84.0 Å². The number of nitrogens with one attached hydrogen (secondary N) is 1. The van der Waals surface area contributed by atoms with E-state index in [-0.39, 0.29) is 56.8 Å². The highest BCUT2D eigenvalue weighted by Gasteiger charge is 2.28. The summed E-state index contributed by atoms with van der Waals surface area (Å²) in [7, 11) is 3.86. The number of likely N-dealkylation sites (tertiary alicyclic amines) is 1. The Morgan fingerprint density at radius 2 is 1.20 bits per heavy atom. The Morgan fingerprint density at radius 1 is 0.741 bits per heavy atom. The van der Waals surface area contributed by atoms with Gasteiger partial charge in [0.2, 0.25) is 11.8 Å². The normalized spacial score (nSPS) is 15.9. The predicted molar refractivity (Wildman–Crippen MR) is 217 cm³/mol. The Labute approximate surface area is 337 Å². The van der Waals surface area contributed by atoms with Gasteiger partial charge in [0.25, 0.3) is 0 Å². The van der Waals surface area contributed by atoms with E-state index in [0.29, 0.717) is 41.2 Å². The highest BCUT2D eigenvalue weighted by molar-refractivity contribution is 6.45. The number of aromatic nitrogens is 4. The number of halogens is 4. The molecule has 0 spiro atoms. The number of hydrogen-bond acceptors (Lipinski definition) is 6. The van der Waals surface area contributed by atoms with Crippen LogP contribution in [0.4, 0.5) is 0 Å².